The molecule has 176 valence electrons. The van der Waals surface area contributed by atoms with E-state index in [0.717, 1.165) is 0 Å². The predicted molar refractivity (Wildman–Crippen MR) is 66.6 cm³/mol. The van der Waals surface area contributed by atoms with Crippen molar-refractivity contribution in [2.24, 2.45) is 0 Å². The molecule has 0 bridgehead atoms. The van der Waals surface area contributed by atoms with Gasteiger partial charge in [-0.2, -0.15) is 26.0 Å². The van der Waals surface area contributed by atoms with Gasteiger partial charge in [-0.15, -0.1) is 0 Å². The minimum atomic E-state index is -6.82. The van der Waals surface area contributed by atoms with Crippen LogP contribution in [0.3, 0.4) is 0 Å². The Morgan fingerprint density at radius 3 is 1.17 bits per heavy atom. The van der Waals surface area contributed by atoms with Crippen molar-refractivity contribution in [2.75, 3.05) is 0 Å². The third kappa shape index (κ3) is 5.75. The third-order valence-corrected chi connectivity index (χ3v) is 4.20. The molecule has 3 nitrogen and oxygen atoms in total. The molecule has 0 rings (SSSR count). The molecule has 0 fully saturated rings. The van der Waals surface area contributed by atoms with Gasteiger partial charge >= 0.3 is 22.0 Å². The predicted octanol–water partition coefficient (Wildman–Crippen LogP) is 4.07. The van der Waals surface area contributed by atoms with Gasteiger partial charge in [-0.25, -0.2) is 43.9 Å². The smallest absolute Gasteiger partial charge is 0.283 e. The minimum absolute atomic E-state index is 4.12. The van der Waals surface area contributed by atoms with E-state index in [1.807, 2.05) is 0 Å². The molecule has 29 heavy (non-hydrogen) atoms. The van der Waals surface area contributed by atoms with Gasteiger partial charge in [-0.1, -0.05) is 0 Å². The first-order chi connectivity index (χ1) is 12.7. The summed E-state index contributed by atoms with van der Waals surface area (Å²) in [6, 6.07) is 0. The zero-order valence-electron chi connectivity index (χ0n) is 13.2. The van der Waals surface area contributed by atoms with E-state index in [4.69, 9.17) is 4.55 Å². The fraction of sp³-hybridized carbons (Fsp3) is 1.00. The van der Waals surface area contributed by atoms with Crippen LogP contribution in [0, 0.1) is 0 Å². The summed E-state index contributed by atoms with van der Waals surface area (Å²) in [6.45, 7) is 0. The second kappa shape index (κ2) is 9.38. The molecule has 18 heteroatoms. The molecule has 0 amide bonds. The highest BCUT2D eigenvalue weighted by Gasteiger charge is 2.72. The lowest BCUT2D eigenvalue weighted by atomic mass is 9.95. The first kappa shape index (κ1) is 27.9. The van der Waals surface area contributed by atoms with Crippen LogP contribution in [0.25, 0.3) is 0 Å². The first-order valence-electron chi connectivity index (χ1n) is 6.85. The van der Waals surface area contributed by atoms with Crippen molar-refractivity contribution >= 4 is 10.1 Å². The van der Waals surface area contributed by atoms with Gasteiger partial charge in [0.2, 0.25) is 6.17 Å². The molecule has 0 saturated carbocycles. The van der Waals surface area contributed by atoms with E-state index >= 15 is 0 Å². The van der Waals surface area contributed by atoms with Crippen LogP contribution in [0.2, 0.25) is 0 Å². The summed E-state index contributed by atoms with van der Waals surface area (Å²) in [6.07, 6.45) is -36.3. The number of alkyl halides is 14. The Balaban J connectivity index is 5.61. The van der Waals surface area contributed by atoms with E-state index in [-0.39, 0.29) is 0 Å². The zero-order chi connectivity index (χ0) is 23.7. The Bertz CT molecular complexity index is 630. The second-order valence-corrected chi connectivity index (χ2v) is 6.92. The van der Waals surface area contributed by atoms with Gasteiger partial charge in [-0.05, 0) is 0 Å². The van der Waals surface area contributed by atoms with Gasteiger partial charge in [-0.3, -0.25) is 4.55 Å². The van der Waals surface area contributed by atoms with Gasteiger partial charge in [0.05, 0.1) is 0 Å². The quantitative estimate of drug-likeness (QED) is 0.353. The SMILES string of the molecule is O=S(=O)(O)C(F)C(F)(F)C(F)(F)C(F)C(F)C(F)C(F)C(F)C(F)C(F)C(F)F. The van der Waals surface area contributed by atoms with Crippen molar-refractivity contribution < 1.29 is 74.4 Å². The van der Waals surface area contributed by atoms with E-state index in [0.29, 0.717) is 0 Å². The standard InChI is InChI=1S/C11H10F14O3S/c12-1(2(13)4(15)6(17)8(19)20)3(14)5(16)7(18)10(22,23)11(24,25)9(21)29(26,27)28/h1-9H,(H,26,27,28). The lowest BCUT2D eigenvalue weighted by molar-refractivity contribution is -0.264. The summed E-state index contributed by atoms with van der Waals surface area (Å²) >= 11 is 0. The molecule has 0 heterocycles. The number of hydrogen-bond donors (Lipinski definition) is 1. The van der Waals surface area contributed by atoms with Crippen molar-refractivity contribution in [3.63, 3.8) is 0 Å². The number of rotatable bonds is 11. The topological polar surface area (TPSA) is 54.4 Å². The third-order valence-electron chi connectivity index (χ3n) is 3.38. The highest BCUT2D eigenvalue weighted by Crippen LogP contribution is 2.45. The Morgan fingerprint density at radius 1 is 0.552 bits per heavy atom. The number of hydrogen-bond acceptors (Lipinski definition) is 2. The molecule has 0 spiro atoms. The molecule has 0 aliphatic heterocycles. The van der Waals surface area contributed by atoms with Crippen molar-refractivity contribution in [3.8, 4) is 0 Å². The van der Waals surface area contributed by atoms with Crippen molar-refractivity contribution in [3.05, 3.63) is 0 Å². The van der Waals surface area contributed by atoms with Crippen LogP contribution in [-0.4, -0.2) is 79.9 Å². The molecule has 0 aromatic heterocycles. The average molecular weight is 488 g/mol. The molecular weight excluding hydrogens is 478 g/mol. The Kier molecular flexibility index (Phi) is 9.04. The van der Waals surface area contributed by atoms with E-state index in [9.17, 15) is 69.9 Å². The van der Waals surface area contributed by atoms with Gasteiger partial charge in [0.25, 0.3) is 11.9 Å². The van der Waals surface area contributed by atoms with Crippen LogP contribution in [0.15, 0.2) is 0 Å². The van der Waals surface area contributed by atoms with Crippen LogP contribution in [0.4, 0.5) is 61.5 Å². The molecule has 8 atom stereocenters. The molecule has 0 aromatic carbocycles. The lowest BCUT2D eigenvalue weighted by Gasteiger charge is -2.33. The highest BCUT2D eigenvalue weighted by atomic mass is 32.2. The van der Waals surface area contributed by atoms with Crippen LogP contribution < -0.4 is 0 Å². The molecule has 8 unspecified atom stereocenters. The Labute approximate surface area is 152 Å². The van der Waals surface area contributed by atoms with E-state index in [2.05, 4.69) is 0 Å². The van der Waals surface area contributed by atoms with Gasteiger partial charge in [0.15, 0.2) is 37.0 Å². The van der Waals surface area contributed by atoms with E-state index in [1.54, 1.807) is 0 Å². The maximum absolute atomic E-state index is 13.3. The molecule has 0 aliphatic rings. The van der Waals surface area contributed by atoms with Gasteiger partial charge in [0.1, 0.15) is 0 Å². The summed E-state index contributed by atoms with van der Waals surface area (Å²) in [5, 5.41) is 0. The maximum Gasteiger partial charge on any atom is 0.360 e. The molecule has 0 saturated heterocycles. The summed E-state index contributed by atoms with van der Waals surface area (Å²) in [4.78, 5) is 0. The first-order valence-corrected chi connectivity index (χ1v) is 8.35. The summed E-state index contributed by atoms with van der Waals surface area (Å²) in [5.74, 6) is -13.6. The van der Waals surface area contributed by atoms with Crippen LogP contribution in [-0.2, 0) is 10.1 Å². The normalized spacial score (nSPS) is 22.5. The van der Waals surface area contributed by atoms with Crippen LogP contribution in [0.5, 0.6) is 0 Å². The Morgan fingerprint density at radius 2 is 0.862 bits per heavy atom. The average Bonchev–Trinajstić information content (AvgIpc) is 2.61. The van der Waals surface area contributed by atoms with Gasteiger partial charge < -0.3 is 0 Å². The highest BCUT2D eigenvalue weighted by molar-refractivity contribution is 7.86. The molecular formula is C11H10F14O3S. The Hall–Kier alpha value is -1.07. The summed E-state index contributed by atoms with van der Waals surface area (Å²) < 4.78 is 209. The maximum atomic E-state index is 13.3. The van der Waals surface area contributed by atoms with Gasteiger partial charge in [0, 0.05) is 0 Å². The minimum Gasteiger partial charge on any atom is -0.283 e. The molecule has 1 N–H and O–H groups in total. The molecule has 0 aromatic rings. The van der Waals surface area contributed by atoms with Crippen molar-refractivity contribution in [1.82, 2.24) is 0 Å². The molecule has 0 radical (unpaired) electrons. The zero-order valence-corrected chi connectivity index (χ0v) is 14.0. The van der Waals surface area contributed by atoms with Crippen LogP contribution >= 0.6 is 0 Å². The molecule has 0 aliphatic carbocycles. The number of halogens is 14. The van der Waals surface area contributed by atoms with E-state index < -0.39 is 77.1 Å². The van der Waals surface area contributed by atoms with Crippen molar-refractivity contribution in [1.29, 1.82) is 0 Å². The fourth-order valence-corrected chi connectivity index (χ4v) is 2.26. The van der Waals surface area contributed by atoms with Crippen molar-refractivity contribution in [2.45, 2.75) is 67.0 Å². The summed E-state index contributed by atoms with van der Waals surface area (Å²) in [5.41, 5.74) is -5.28. The van der Waals surface area contributed by atoms with E-state index in [1.165, 1.54) is 0 Å². The van der Waals surface area contributed by atoms with Crippen LogP contribution in [0.1, 0.15) is 0 Å². The monoisotopic (exact) mass is 488 g/mol. The fourth-order valence-electron chi connectivity index (χ4n) is 1.73. The summed E-state index contributed by atoms with van der Waals surface area (Å²) in [7, 11) is -6.66. The largest absolute Gasteiger partial charge is 0.360 e. The second-order valence-electron chi connectivity index (χ2n) is 5.48. The lowest BCUT2D eigenvalue weighted by Crippen LogP contribution is -2.60.